The molecule has 7 nitrogen and oxygen atoms in total. The summed E-state index contributed by atoms with van der Waals surface area (Å²) in [5.74, 6) is -1.55. The van der Waals surface area contributed by atoms with Crippen LogP contribution in [0.25, 0.3) is 5.70 Å². The predicted octanol–water partition coefficient (Wildman–Crippen LogP) is 5.12. The highest BCUT2D eigenvalue weighted by Crippen LogP contribution is 2.38. The second kappa shape index (κ2) is 11.1. The number of nitrogens with one attached hydrogen (secondary N) is 1. The number of halogens is 2. The van der Waals surface area contributed by atoms with Gasteiger partial charge in [0.1, 0.15) is 12.0 Å². The molecule has 0 heterocycles. The molecule has 1 aliphatic rings. The van der Waals surface area contributed by atoms with Crippen molar-refractivity contribution in [3.8, 4) is 0 Å². The number of allylic oxidation sites excluding steroid dienone is 1. The first-order chi connectivity index (χ1) is 17.6. The Labute approximate surface area is 221 Å². The predicted molar refractivity (Wildman–Crippen MR) is 146 cm³/mol. The SMILES string of the molecule is CC1=C(N(/N=C/C(N)=O)c2ccc(F)cc2)c2cc(NC(=O)c3ccc(S(C)=O)cc3Cl)ccc2CC1. The highest BCUT2D eigenvalue weighted by molar-refractivity contribution is 7.84. The van der Waals surface area contributed by atoms with Crippen LogP contribution in [-0.4, -0.2) is 28.5 Å². The summed E-state index contributed by atoms with van der Waals surface area (Å²) in [5.41, 5.74) is 10.1. The van der Waals surface area contributed by atoms with Gasteiger partial charge < -0.3 is 11.1 Å². The molecule has 0 fully saturated rings. The maximum atomic E-state index is 13.6. The van der Waals surface area contributed by atoms with Crippen LogP contribution in [-0.2, 0) is 22.0 Å². The third-order valence-corrected chi connectivity index (χ3v) is 7.13. The first-order valence-corrected chi connectivity index (χ1v) is 13.2. The molecule has 0 radical (unpaired) electrons. The van der Waals surface area contributed by atoms with Crippen molar-refractivity contribution >= 4 is 57.5 Å². The van der Waals surface area contributed by atoms with Crippen LogP contribution in [0.4, 0.5) is 15.8 Å². The molecule has 1 aliphatic carbocycles. The van der Waals surface area contributed by atoms with E-state index in [2.05, 4.69) is 10.4 Å². The summed E-state index contributed by atoms with van der Waals surface area (Å²) in [6, 6.07) is 15.9. The minimum atomic E-state index is -1.22. The molecule has 1 atom stereocenters. The lowest BCUT2D eigenvalue weighted by atomic mass is 9.89. The molecule has 0 aromatic heterocycles. The van der Waals surface area contributed by atoms with E-state index in [0.29, 0.717) is 22.0 Å². The number of carbonyl (C=O) groups excluding carboxylic acids is 2. The van der Waals surface area contributed by atoms with E-state index in [4.69, 9.17) is 17.3 Å². The Balaban J connectivity index is 1.72. The molecule has 0 bridgehead atoms. The number of benzene rings is 3. The van der Waals surface area contributed by atoms with Crippen LogP contribution in [0.2, 0.25) is 5.02 Å². The largest absolute Gasteiger partial charge is 0.365 e. The number of aryl methyl sites for hydroxylation is 1. The van der Waals surface area contributed by atoms with Crippen LogP contribution < -0.4 is 16.1 Å². The Bertz CT molecular complexity index is 1470. The molecule has 3 N–H and O–H groups in total. The quantitative estimate of drug-likeness (QED) is 0.321. The summed E-state index contributed by atoms with van der Waals surface area (Å²) in [4.78, 5) is 25.0. The average molecular weight is 539 g/mol. The zero-order valence-electron chi connectivity index (χ0n) is 20.1. The van der Waals surface area contributed by atoms with Gasteiger partial charge in [0.15, 0.2) is 0 Å². The number of hydrogen-bond donors (Lipinski definition) is 2. The molecule has 1 unspecified atom stereocenters. The molecule has 4 rings (SSSR count). The Hall–Kier alpha value is -3.82. The average Bonchev–Trinajstić information content (AvgIpc) is 2.85. The highest BCUT2D eigenvalue weighted by atomic mass is 35.5. The van der Waals surface area contributed by atoms with Crippen LogP contribution in [0, 0.1) is 5.82 Å². The van der Waals surface area contributed by atoms with E-state index < -0.39 is 28.4 Å². The van der Waals surface area contributed by atoms with Crippen molar-refractivity contribution in [3.63, 3.8) is 0 Å². The lowest BCUT2D eigenvalue weighted by molar-refractivity contribution is -0.111. The number of nitrogens with zero attached hydrogens (tertiary/aromatic N) is 2. The number of carbonyl (C=O) groups is 2. The molecule has 3 aromatic carbocycles. The number of amides is 2. The normalized spacial score (nSPS) is 13.8. The second-order valence-electron chi connectivity index (χ2n) is 8.49. The van der Waals surface area contributed by atoms with E-state index in [1.54, 1.807) is 29.3 Å². The first-order valence-electron chi connectivity index (χ1n) is 11.3. The molecule has 0 aliphatic heterocycles. The molecule has 190 valence electrons. The number of anilines is 2. The van der Waals surface area contributed by atoms with Gasteiger partial charge in [-0.2, -0.15) is 5.10 Å². The fraction of sp³-hybridized carbons (Fsp3) is 0.148. The van der Waals surface area contributed by atoms with Crippen molar-refractivity contribution in [2.24, 2.45) is 10.8 Å². The lowest BCUT2D eigenvalue weighted by Crippen LogP contribution is -2.23. The van der Waals surface area contributed by atoms with Crippen molar-refractivity contribution in [1.82, 2.24) is 0 Å². The Morgan fingerprint density at radius 3 is 2.49 bits per heavy atom. The van der Waals surface area contributed by atoms with Gasteiger partial charge >= 0.3 is 0 Å². The van der Waals surface area contributed by atoms with E-state index in [-0.39, 0.29) is 10.6 Å². The number of hydrazone groups is 1. The molecule has 37 heavy (non-hydrogen) atoms. The highest BCUT2D eigenvalue weighted by Gasteiger charge is 2.24. The smallest absolute Gasteiger partial charge is 0.261 e. The summed E-state index contributed by atoms with van der Waals surface area (Å²) >= 11 is 6.28. The topological polar surface area (TPSA) is 105 Å². The van der Waals surface area contributed by atoms with Gasteiger partial charge in [0.2, 0.25) is 0 Å². The van der Waals surface area contributed by atoms with E-state index >= 15 is 0 Å². The van der Waals surface area contributed by atoms with E-state index in [1.165, 1.54) is 30.5 Å². The van der Waals surface area contributed by atoms with Gasteiger partial charge in [-0.25, -0.2) is 9.40 Å². The lowest BCUT2D eigenvalue weighted by Gasteiger charge is -2.30. The number of nitrogens with two attached hydrogens (primary N) is 1. The Kier molecular flexibility index (Phi) is 7.85. The fourth-order valence-electron chi connectivity index (χ4n) is 4.07. The van der Waals surface area contributed by atoms with Gasteiger partial charge in [0, 0.05) is 33.2 Å². The van der Waals surface area contributed by atoms with Crippen LogP contribution in [0.5, 0.6) is 0 Å². The van der Waals surface area contributed by atoms with Crippen LogP contribution in [0.1, 0.15) is 34.8 Å². The maximum absolute atomic E-state index is 13.6. The van der Waals surface area contributed by atoms with Gasteiger partial charge in [0.05, 0.1) is 22.0 Å². The number of fused-ring (bicyclic) bond motifs is 1. The van der Waals surface area contributed by atoms with Gasteiger partial charge in [-0.15, -0.1) is 0 Å². The first kappa shape index (κ1) is 26.2. The summed E-state index contributed by atoms with van der Waals surface area (Å²) in [6.07, 6.45) is 4.06. The van der Waals surface area contributed by atoms with Gasteiger partial charge in [-0.05, 0) is 85.5 Å². The van der Waals surface area contributed by atoms with Gasteiger partial charge in [-0.1, -0.05) is 17.7 Å². The molecule has 0 saturated heterocycles. The zero-order valence-corrected chi connectivity index (χ0v) is 21.7. The molecular weight excluding hydrogens is 515 g/mol. The Morgan fingerprint density at radius 1 is 1.11 bits per heavy atom. The van der Waals surface area contributed by atoms with Crippen molar-refractivity contribution in [2.75, 3.05) is 16.6 Å². The van der Waals surface area contributed by atoms with Gasteiger partial charge in [0.25, 0.3) is 11.8 Å². The molecule has 0 spiro atoms. The molecule has 0 saturated carbocycles. The molecule has 3 aromatic rings. The van der Waals surface area contributed by atoms with E-state index in [0.717, 1.165) is 35.8 Å². The summed E-state index contributed by atoms with van der Waals surface area (Å²) in [6.45, 7) is 1.96. The van der Waals surface area contributed by atoms with Crippen molar-refractivity contribution in [3.05, 3.63) is 93.8 Å². The number of hydrogen-bond acceptors (Lipinski definition) is 5. The van der Waals surface area contributed by atoms with E-state index in [9.17, 15) is 18.2 Å². The minimum absolute atomic E-state index is 0.197. The summed E-state index contributed by atoms with van der Waals surface area (Å²) in [5, 5.41) is 8.90. The van der Waals surface area contributed by atoms with E-state index in [1.807, 2.05) is 19.1 Å². The summed E-state index contributed by atoms with van der Waals surface area (Å²) < 4.78 is 25.3. The standard InChI is InChI=1S/C27H24ClFN4O3S/c1-16-3-4-17-5-8-19(32-27(35)22-12-11-21(37(2)36)14-24(22)28)13-23(17)26(16)33(31-15-25(30)34)20-9-6-18(29)7-10-20/h5-15H,3-4H2,1-2H3,(H2,30,34)(H,32,35)/b31-15+. The zero-order chi connectivity index (χ0) is 26.7. The maximum Gasteiger partial charge on any atom is 0.261 e. The van der Waals surface area contributed by atoms with Gasteiger partial charge in [-0.3, -0.25) is 13.8 Å². The molecule has 2 amide bonds. The van der Waals surface area contributed by atoms with Crippen molar-refractivity contribution < 1.29 is 18.2 Å². The van der Waals surface area contributed by atoms with Crippen LogP contribution in [0.15, 0.2) is 76.2 Å². The molecular formula is C27H24ClFN4O3S. The fourth-order valence-corrected chi connectivity index (χ4v) is 4.94. The van der Waals surface area contributed by atoms with Crippen molar-refractivity contribution in [1.29, 1.82) is 0 Å². The third-order valence-electron chi connectivity index (χ3n) is 5.90. The Morgan fingerprint density at radius 2 is 1.84 bits per heavy atom. The van der Waals surface area contributed by atoms with Crippen LogP contribution in [0.3, 0.4) is 0 Å². The monoisotopic (exact) mass is 538 g/mol. The second-order valence-corrected chi connectivity index (χ2v) is 10.3. The number of primary amides is 1. The van der Waals surface area contributed by atoms with Crippen molar-refractivity contribution in [2.45, 2.75) is 24.7 Å². The molecule has 10 heteroatoms. The number of rotatable bonds is 7. The minimum Gasteiger partial charge on any atom is -0.365 e. The third kappa shape index (κ3) is 5.95. The van der Waals surface area contributed by atoms with Crippen LogP contribution >= 0.6 is 11.6 Å². The summed E-state index contributed by atoms with van der Waals surface area (Å²) in [7, 11) is -1.22.